The Bertz CT molecular complexity index is 328. The molecule has 1 atom stereocenters. The Morgan fingerprint density at radius 1 is 1.37 bits per heavy atom. The van der Waals surface area contributed by atoms with E-state index in [2.05, 4.69) is 5.32 Å². The molecular formula is C13H23ClN2O3. The predicted molar refractivity (Wildman–Crippen MR) is 74.3 cm³/mol. The van der Waals surface area contributed by atoms with Crippen LogP contribution >= 0.6 is 11.6 Å². The number of piperidine rings is 1. The first kappa shape index (κ1) is 16.1. The molecule has 1 aliphatic heterocycles. The number of halogens is 1. The van der Waals surface area contributed by atoms with E-state index in [9.17, 15) is 9.59 Å². The summed E-state index contributed by atoms with van der Waals surface area (Å²) in [6, 6.07) is 0.0209. The van der Waals surface area contributed by atoms with Crippen molar-refractivity contribution >= 4 is 23.6 Å². The Labute approximate surface area is 119 Å². The largest absolute Gasteiger partial charge is 0.444 e. The minimum atomic E-state index is -0.512. The molecule has 6 heteroatoms. The van der Waals surface area contributed by atoms with E-state index in [-0.39, 0.29) is 17.8 Å². The number of ether oxygens (including phenoxy) is 1. The molecule has 0 spiro atoms. The maximum absolute atomic E-state index is 11.7. The molecule has 1 N–H and O–H groups in total. The molecule has 2 amide bonds. The number of carbonyl (C=O) groups excluding carboxylic acids is 2. The molecule has 1 aliphatic rings. The van der Waals surface area contributed by atoms with Crippen molar-refractivity contribution in [1.82, 2.24) is 10.2 Å². The molecule has 0 bridgehead atoms. The van der Waals surface area contributed by atoms with Crippen LogP contribution < -0.4 is 5.32 Å². The Hall–Kier alpha value is -0.970. The summed E-state index contributed by atoms with van der Waals surface area (Å²) >= 11 is 5.60. The van der Waals surface area contributed by atoms with Crippen molar-refractivity contribution in [2.24, 2.45) is 0 Å². The minimum Gasteiger partial charge on any atom is -0.444 e. The zero-order chi connectivity index (χ0) is 14.5. The number of nitrogens with one attached hydrogen (secondary N) is 1. The number of likely N-dealkylation sites (tertiary alicyclic amines) is 1. The molecule has 0 aromatic carbocycles. The van der Waals surface area contributed by atoms with E-state index in [4.69, 9.17) is 16.3 Å². The third-order valence-corrected chi connectivity index (χ3v) is 3.17. The molecule has 0 radical (unpaired) electrons. The summed E-state index contributed by atoms with van der Waals surface area (Å²) in [4.78, 5) is 25.0. The van der Waals surface area contributed by atoms with E-state index >= 15 is 0 Å². The number of alkyl halides is 1. The summed E-state index contributed by atoms with van der Waals surface area (Å²) in [5, 5.41) is 2.72. The molecule has 1 heterocycles. The summed E-state index contributed by atoms with van der Waals surface area (Å²) in [5.74, 6) is -0.0829. The van der Waals surface area contributed by atoms with Gasteiger partial charge in [0.05, 0.1) is 0 Å². The number of hydrogen-bond acceptors (Lipinski definition) is 3. The van der Waals surface area contributed by atoms with Crippen LogP contribution in [0.1, 0.15) is 40.0 Å². The highest BCUT2D eigenvalue weighted by molar-refractivity contribution is 6.27. The summed E-state index contributed by atoms with van der Waals surface area (Å²) in [7, 11) is 0. The van der Waals surface area contributed by atoms with Crippen molar-refractivity contribution in [3.05, 3.63) is 0 Å². The van der Waals surface area contributed by atoms with Crippen LogP contribution in [0, 0.1) is 0 Å². The second kappa shape index (κ2) is 6.98. The van der Waals surface area contributed by atoms with E-state index in [1.165, 1.54) is 0 Å². The van der Waals surface area contributed by atoms with Gasteiger partial charge in [0.15, 0.2) is 0 Å². The van der Waals surface area contributed by atoms with Gasteiger partial charge in [0, 0.05) is 19.1 Å². The van der Waals surface area contributed by atoms with E-state index in [1.54, 1.807) is 4.90 Å². The third-order valence-electron chi connectivity index (χ3n) is 2.94. The highest BCUT2D eigenvalue weighted by Crippen LogP contribution is 2.17. The van der Waals surface area contributed by atoms with Crippen LogP contribution in [-0.4, -0.2) is 47.5 Å². The molecule has 0 aliphatic carbocycles. The quantitative estimate of drug-likeness (QED) is 0.810. The number of amides is 2. The van der Waals surface area contributed by atoms with Gasteiger partial charge < -0.3 is 15.0 Å². The van der Waals surface area contributed by atoms with Crippen LogP contribution in [0.4, 0.5) is 4.79 Å². The lowest BCUT2D eigenvalue weighted by molar-refractivity contribution is -0.132. The number of carbonyl (C=O) groups is 2. The Morgan fingerprint density at radius 3 is 2.63 bits per heavy atom. The second-order valence-corrected chi connectivity index (χ2v) is 6.02. The average molecular weight is 291 g/mol. The fourth-order valence-electron chi connectivity index (χ4n) is 2.13. The van der Waals surface area contributed by atoms with Gasteiger partial charge >= 0.3 is 6.09 Å². The topological polar surface area (TPSA) is 58.6 Å². The monoisotopic (exact) mass is 290 g/mol. The Kier molecular flexibility index (Phi) is 5.91. The first-order valence-corrected chi connectivity index (χ1v) is 7.19. The summed E-state index contributed by atoms with van der Waals surface area (Å²) in [6.07, 6.45) is 2.49. The van der Waals surface area contributed by atoms with Crippen molar-refractivity contribution in [3.63, 3.8) is 0 Å². The van der Waals surface area contributed by atoms with Gasteiger partial charge in [0.2, 0.25) is 5.91 Å². The molecule has 1 fully saturated rings. The lowest BCUT2D eigenvalue weighted by Crippen LogP contribution is -2.50. The molecular weight excluding hydrogens is 268 g/mol. The standard InChI is InChI=1S/C13H23ClN2O3/c1-13(2,3)19-12(18)15-9-10-6-4-5-7-16(10)11(17)8-14/h10H,4-9H2,1-3H3,(H,15,18). The van der Waals surface area contributed by atoms with Crippen LogP contribution in [0.15, 0.2) is 0 Å². The fourth-order valence-corrected chi connectivity index (χ4v) is 2.29. The molecule has 1 saturated heterocycles. The van der Waals surface area contributed by atoms with Crippen molar-refractivity contribution in [3.8, 4) is 0 Å². The zero-order valence-corrected chi connectivity index (χ0v) is 12.6. The SMILES string of the molecule is CC(C)(C)OC(=O)NCC1CCCCN1C(=O)CCl. The molecule has 1 unspecified atom stereocenters. The molecule has 5 nitrogen and oxygen atoms in total. The van der Waals surface area contributed by atoms with Crippen LogP contribution in [0.5, 0.6) is 0 Å². The predicted octanol–water partition coefficient (Wildman–Crippen LogP) is 2.13. The van der Waals surface area contributed by atoms with Gasteiger partial charge in [-0.05, 0) is 40.0 Å². The molecule has 0 saturated carbocycles. The minimum absolute atomic E-state index is 0.0110. The van der Waals surface area contributed by atoms with Crippen LogP contribution in [-0.2, 0) is 9.53 Å². The maximum Gasteiger partial charge on any atom is 0.407 e. The lowest BCUT2D eigenvalue weighted by atomic mass is 10.0. The van der Waals surface area contributed by atoms with Gasteiger partial charge in [0.25, 0.3) is 0 Å². The highest BCUT2D eigenvalue weighted by Gasteiger charge is 2.27. The van der Waals surface area contributed by atoms with Crippen LogP contribution in [0.3, 0.4) is 0 Å². The van der Waals surface area contributed by atoms with E-state index in [0.717, 1.165) is 19.3 Å². The van der Waals surface area contributed by atoms with Gasteiger partial charge in [-0.2, -0.15) is 0 Å². The first-order valence-electron chi connectivity index (χ1n) is 6.66. The molecule has 0 aromatic rings. The number of hydrogen-bond donors (Lipinski definition) is 1. The summed E-state index contributed by atoms with van der Waals surface area (Å²) in [6.45, 7) is 6.58. The van der Waals surface area contributed by atoms with Crippen molar-refractivity contribution in [2.75, 3.05) is 19.0 Å². The van der Waals surface area contributed by atoms with Gasteiger partial charge in [-0.3, -0.25) is 4.79 Å². The van der Waals surface area contributed by atoms with E-state index in [1.807, 2.05) is 20.8 Å². The highest BCUT2D eigenvalue weighted by atomic mass is 35.5. The molecule has 1 rings (SSSR count). The van der Waals surface area contributed by atoms with Crippen molar-refractivity contribution in [1.29, 1.82) is 0 Å². The molecule has 110 valence electrons. The van der Waals surface area contributed by atoms with E-state index < -0.39 is 11.7 Å². The van der Waals surface area contributed by atoms with Gasteiger partial charge in [-0.1, -0.05) is 0 Å². The van der Waals surface area contributed by atoms with Crippen molar-refractivity contribution < 1.29 is 14.3 Å². The smallest absolute Gasteiger partial charge is 0.407 e. The van der Waals surface area contributed by atoms with Crippen LogP contribution in [0.2, 0.25) is 0 Å². The average Bonchev–Trinajstić information content (AvgIpc) is 2.33. The Morgan fingerprint density at radius 2 is 2.05 bits per heavy atom. The fraction of sp³-hybridized carbons (Fsp3) is 0.846. The van der Waals surface area contributed by atoms with Gasteiger partial charge in [0.1, 0.15) is 11.5 Å². The molecule has 19 heavy (non-hydrogen) atoms. The maximum atomic E-state index is 11.7. The van der Waals surface area contributed by atoms with Crippen molar-refractivity contribution in [2.45, 2.75) is 51.7 Å². The first-order chi connectivity index (χ1) is 8.83. The lowest BCUT2D eigenvalue weighted by Gasteiger charge is -2.35. The van der Waals surface area contributed by atoms with E-state index in [0.29, 0.717) is 13.1 Å². The number of nitrogens with zero attached hydrogens (tertiary/aromatic N) is 1. The number of rotatable bonds is 3. The Balaban J connectivity index is 2.45. The zero-order valence-electron chi connectivity index (χ0n) is 11.9. The number of alkyl carbamates (subject to hydrolysis) is 1. The van der Waals surface area contributed by atoms with Gasteiger partial charge in [-0.25, -0.2) is 4.79 Å². The third kappa shape index (κ3) is 5.68. The normalized spacial score (nSPS) is 20.0. The molecule has 0 aromatic heterocycles. The summed E-state index contributed by atoms with van der Waals surface area (Å²) < 4.78 is 5.17. The second-order valence-electron chi connectivity index (χ2n) is 5.75. The van der Waals surface area contributed by atoms with Crippen LogP contribution in [0.25, 0.3) is 0 Å². The summed E-state index contributed by atoms with van der Waals surface area (Å²) in [5.41, 5.74) is -0.512. The van der Waals surface area contributed by atoms with Gasteiger partial charge in [-0.15, -0.1) is 11.6 Å².